The molecule has 0 fully saturated rings. The molecule has 0 unspecified atom stereocenters. The molecule has 2 aromatic carbocycles. The van der Waals surface area contributed by atoms with Crippen molar-refractivity contribution >= 4 is 29.1 Å². The van der Waals surface area contributed by atoms with E-state index in [4.69, 9.17) is 5.73 Å². The number of nitrogens with two attached hydrogens (primary N) is 1. The first-order chi connectivity index (χ1) is 11.9. The van der Waals surface area contributed by atoms with E-state index in [9.17, 15) is 14.4 Å². The fourth-order valence-corrected chi connectivity index (χ4v) is 2.31. The summed E-state index contributed by atoms with van der Waals surface area (Å²) in [6.45, 7) is 3.39. The first kappa shape index (κ1) is 18.2. The predicted molar refractivity (Wildman–Crippen MR) is 97.5 cm³/mol. The lowest BCUT2D eigenvalue weighted by Gasteiger charge is -2.19. The van der Waals surface area contributed by atoms with Crippen molar-refractivity contribution in [1.82, 2.24) is 5.32 Å². The Morgan fingerprint density at radius 3 is 2.16 bits per heavy atom. The summed E-state index contributed by atoms with van der Waals surface area (Å²) >= 11 is 0. The number of carbonyl (C=O) groups is 3. The molecule has 6 nitrogen and oxygen atoms in total. The van der Waals surface area contributed by atoms with Crippen LogP contribution in [0, 0.1) is 6.92 Å². The van der Waals surface area contributed by atoms with Gasteiger partial charge in [-0.15, -0.1) is 0 Å². The number of amides is 3. The normalized spacial score (nSPS) is 10.2. The molecular formula is C19H21N3O3. The molecule has 0 aliphatic heterocycles. The zero-order valence-electron chi connectivity index (χ0n) is 14.3. The van der Waals surface area contributed by atoms with E-state index >= 15 is 0 Å². The van der Waals surface area contributed by atoms with E-state index in [1.807, 2.05) is 19.1 Å². The third-order valence-electron chi connectivity index (χ3n) is 3.67. The van der Waals surface area contributed by atoms with Crippen LogP contribution in [0.3, 0.4) is 0 Å². The van der Waals surface area contributed by atoms with Crippen molar-refractivity contribution in [1.29, 1.82) is 0 Å². The van der Waals surface area contributed by atoms with Gasteiger partial charge >= 0.3 is 6.03 Å². The van der Waals surface area contributed by atoms with Gasteiger partial charge in [0.05, 0.1) is 5.69 Å². The summed E-state index contributed by atoms with van der Waals surface area (Å²) in [5, 5.41) is 2.60. The lowest BCUT2D eigenvalue weighted by molar-refractivity contribution is -0.115. The second-order valence-corrected chi connectivity index (χ2v) is 5.72. The highest BCUT2D eigenvalue weighted by Gasteiger charge is 2.20. The lowest BCUT2D eigenvalue weighted by Crippen LogP contribution is -2.43. The Morgan fingerprint density at radius 2 is 1.60 bits per heavy atom. The van der Waals surface area contributed by atoms with Gasteiger partial charge in [0.15, 0.2) is 5.78 Å². The number of anilines is 2. The maximum atomic E-state index is 12.3. The number of nitrogen functional groups attached to an aromatic ring is 1. The second kappa shape index (κ2) is 8.10. The summed E-state index contributed by atoms with van der Waals surface area (Å²) in [5.41, 5.74) is 8.25. The minimum Gasteiger partial charge on any atom is -0.399 e. The Morgan fingerprint density at radius 1 is 1.00 bits per heavy atom. The maximum Gasteiger partial charge on any atom is 0.328 e. The number of rotatable bonds is 5. The van der Waals surface area contributed by atoms with E-state index in [-0.39, 0.29) is 18.7 Å². The molecule has 0 saturated carbocycles. The van der Waals surface area contributed by atoms with E-state index in [1.54, 1.807) is 36.4 Å². The summed E-state index contributed by atoms with van der Waals surface area (Å²) in [6, 6.07) is 13.1. The minimum atomic E-state index is -0.575. The van der Waals surface area contributed by atoms with Gasteiger partial charge < -0.3 is 11.1 Å². The van der Waals surface area contributed by atoms with Gasteiger partial charge in [0.25, 0.3) is 0 Å². The monoisotopic (exact) mass is 339 g/mol. The number of imide groups is 1. The lowest BCUT2D eigenvalue weighted by atomic mass is 10.1. The molecule has 0 aromatic heterocycles. The number of carbonyl (C=O) groups excluding carboxylic acids is 3. The molecule has 0 aliphatic rings. The van der Waals surface area contributed by atoms with Crippen LogP contribution in [0.1, 0.15) is 29.3 Å². The number of benzene rings is 2. The van der Waals surface area contributed by atoms with Crippen LogP contribution in [0.15, 0.2) is 48.5 Å². The number of aryl methyl sites for hydroxylation is 1. The average Bonchev–Trinajstić information content (AvgIpc) is 2.57. The molecule has 0 bridgehead atoms. The van der Waals surface area contributed by atoms with Gasteiger partial charge in [0.1, 0.15) is 0 Å². The summed E-state index contributed by atoms with van der Waals surface area (Å²) in [4.78, 5) is 37.2. The minimum absolute atomic E-state index is 0.0674. The highest BCUT2D eigenvalue weighted by molar-refractivity contribution is 6.13. The predicted octanol–water partition coefficient (Wildman–Crippen LogP) is 2.91. The van der Waals surface area contributed by atoms with Crippen LogP contribution in [-0.4, -0.2) is 24.3 Å². The van der Waals surface area contributed by atoms with E-state index in [0.29, 0.717) is 16.9 Å². The van der Waals surface area contributed by atoms with Gasteiger partial charge in [-0.3, -0.25) is 9.59 Å². The molecule has 25 heavy (non-hydrogen) atoms. The highest BCUT2D eigenvalue weighted by Crippen LogP contribution is 2.16. The van der Waals surface area contributed by atoms with E-state index < -0.39 is 11.9 Å². The van der Waals surface area contributed by atoms with Gasteiger partial charge in [0.2, 0.25) is 5.91 Å². The van der Waals surface area contributed by atoms with Crippen LogP contribution in [0.5, 0.6) is 0 Å². The largest absolute Gasteiger partial charge is 0.399 e. The van der Waals surface area contributed by atoms with E-state index in [1.165, 1.54) is 6.92 Å². The van der Waals surface area contributed by atoms with Crippen molar-refractivity contribution in [3.05, 3.63) is 59.7 Å². The molecule has 0 aliphatic carbocycles. The van der Waals surface area contributed by atoms with Crippen molar-refractivity contribution in [3.63, 3.8) is 0 Å². The van der Waals surface area contributed by atoms with Crippen molar-refractivity contribution in [2.75, 3.05) is 17.2 Å². The van der Waals surface area contributed by atoms with Crippen LogP contribution < -0.4 is 16.0 Å². The molecule has 0 heterocycles. The number of nitrogens with one attached hydrogen (secondary N) is 1. The quantitative estimate of drug-likeness (QED) is 0.647. The molecule has 6 heteroatoms. The number of urea groups is 1. The molecular weight excluding hydrogens is 318 g/mol. The second-order valence-electron chi connectivity index (χ2n) is 5.72. The molecule has 2 rings (SSSR count). The topological polar surface area (TPSA) is 92.5 Å². The Kier molecular flexibility index (Phi) is 5.89. The van der Waals surface area contributed by atoms with Crippen LogP contribution in [0.4, 0.5) is 16.2 Å². The van der Waals surface area contributed by atoms with Crippen molar-refractivity contribution < 1.29 is 14.4 Å². The summed E-state index contributed by atoms with van der Waals surface area (Å²) in [5.74, 6) is -0.491. The zero-order valence-corrected chi connectivity index (χ0v) is 14.3. The molecule has 0 spiro atoms. The molecule has 0 radical (unpaired) electrons. The Hall–Kier alpha value is -3.15. The van der Waals surface area contributed by atoms with Gasteiger partial charge in [-0.25, -0.2) is 9.69 Å². The maximum absolute atomic E-state index is 12.3. The van der Waals surface area contributed by atoms with Crippen molar-refractivity contribution in [2.24, 2.45) is 0 Å². The summed E-state index contributed by atoms with van der Waals surface area (Å²) < 4.78 is 0. The molecule has 3 N–H and O–H groups in total. The van der Waals surface area contributed by atoms with Gasteiger partial charge in [0, 0.05) is 31.1 Å². The Balaban J connectivity index is 1.95. The van der Waals surface area contributed by atoms with E-state index in [2.05, 4.69) is 5.32 Å². The molecule has 2 aromatic rings. The van der Waals surface area contributed by atoms with Gasteiger partial charge in [-0.2, -0.15) is 0 Å². The SMILES string of the molecule is CC(=O)N(C(=O)NCCC(=O)c1ccc(C)cc1)c1ccc(N)cc1. The van der Waals surface area contributed by atoms with Gasteiger partial charge in [-0.1, -0.05) is 29.8 Å². The Labute approximate surface area is 146 Å². The fraction of sp³-hybridized carbons (Fsp3) is 0.211. The number of hydrogen-bond donors (Lipinski definition) is 2. The first-order valence-electron chi connectivity index (χ1n) is 7.92. The molecule has 130 valence electrons. The molecule has 0 saturated heterocycles. The summed E-state index contributed by atoms with van der Waals surface area (Å²) in [7, 11) is 0. The molecule has 3 amide bonds. The molecule has 0 atom stereocenters. The first-order valence-corrected chi connectivity index (χ1v) is 7.92. The average molecular weight is 339 g/mol. The Bertz CT molecular complexity index is 768. The standard InChI is InChI=1S/C19H21N3O3/c1-13-3-5-15(6-4-13)18(24)11-12-21-19(25)22(14(2)23)17-9-7-16(20)8-10-17/h3-10H,11-12,20H2,1-2H3,(H,21,25). The van der Waals surface area contributed by atoms with Crippen LogP contribution in [0.25, 0.3) is 0 Å². The van der Waals surface area contributed by atoms with Crippen molar-refractivity contribution in [2.45, 2.75) is 20.3 Å². The zero-order chi connectivity index (χ0) is 18.4. The number of nitrogens with zero attached hydrogens (tertiary/aromatic N) is 1. The smallest absolute Gasteiger partial charge is 0.328 e. The van der Waals surface area contributed by atoms with E-state index in [0.717, 1.165) is 10.5 Å². The number of ketones is 1. The number of hydrogen-bond acceptors (Lipinski definition) is 4. The third kappa shape index (κ3) is 4.91. The number of Topliss-reactive ketones (excluding diaryl/α,β-unsaturated/α-hetero) is 1. The van der Waals surface area contributed by atoms with Gasteiger partial charge in [-0.05, 0) is 31.2 Å². The summed E-state index contributed by atoms with van der Waals surface area (Å²) in [6.07, 6.45) is 0.155. The van der Waals surface area contributed by atoms with Crippen LogP contribution in [-0.2, 0) is 4.79 Å². The highest BCUT2D eigenvalue weighted by atomic mass is 16.2. The fourth-order valence-electron chi connectivity index (χ4n) is 2.31. The third-order valence-corrected chi connectivity index (χ3v) is 3.67. The van der Waals surface area contributed by atoms with Crippen LogP contribution in [0.2, 0.25) is 0 Å². The van der Waals surface area contributed by atoms with Crippen molar-refractivity contribution in [3.8, 4) is 0 Å². The van der Waals surface area contributed by atoms with Crippen LogP contribution >= 0.6 is 0 Å².